The fourth-order valence-corrected chi connectivity index (χ4v) is 20.6. The molecule has 28 heteroatoms. The summed E-state index contributed by atoms with van der Waals surface area (Å²) in [4.78, 5) is 133. The van der Waals surface area contributed by atoms with Gasteiger partial charge in [-0.15, -0.1) is 0 Å². The summed E-state index contributed by atoms with van der Waals surface area (Å²) in [5, 5.41) is 45.7. The fourth-order valence-electron chi connectivity index (χ4n) is 20.6. The third-order valence-corrected chi connectivity index (χ3v) is 29.2. The van der Waals surface area contributed by atoms with Crippen LogP contribution < -0.4 is 19.6 Å². The van der Waals surface area contributed by atoms with Crippen molar-refractivity contribution in [2.75, 3.05) is 131 Å². The number of nitrogens with zero attached hydrogens (tertiary/aromatic N) is 17. The predicted octanol–water partition coefficient (Wildman–Crippen LogP) is 17.3. The summed E-state index contributed by atoms with van der Waals surface area (Å²) in [6.45, 7) is 30.5. The van der Waals surface area contributed by atoms with Crippen molar-refractivity contribution in [3.8, 4) is 17.1 Å². The monoisotopic (exact) mass is 1970 g/mol. The van der Waals surface area contributed by atoms with Gasteiger partial charge in [-0.3, -0.25) is 38.4 Å². The first-order valence-corrected chi connectivity index (χ1v) is 52.9. The highest BCUT2D eigenvalue weighted by molar-refractivity contribution is 6.04. The Hall–Kier alpha value is -13.6. The molecule has 28 nitrogen and oxygen atoms in total. The normalized spacial score (nSPS) is 16.2. The molecular formula is C117H147N17O11. The van der Waals surface area contributed by atoms with Crippen LogP contribution in [0.2, 0.25) is 0 Å². The van der Waals surface area contributed by atoms with Gasteiger partial charge < -0.3 is 69.2 Å². The lowest BCUT2D eigenvalue weighted by Gasteiger charge is -2.37. The number of benzene rings is 8. The second-order valence-electron chi connectivity index (χ2n) is 39.7. The molecule has 3 N–H and O–H groups in total. The summed E-state index contributed by atoms with van der Waals surface area (Å²) >= 11 is 0. The molecule has 0 saturated carbocycles. The van der Waals surface area contributed by atoms with E-state index in [2.05, 4.69) is 107 Å². The molecule has 8 aromatic carbocycles. The number of fused-ring (bicyclic) bond motifs is 3. The Morgan fingerprint density at radius 3 is 1.02 bits per heavy atom. The molecular weight excluding hydrogens is 1820 g/mol. The van der Waals surface area contributed by atoms with Crippen LogP contribution in [0.15, 0.2) is 200 Å². The van der Waals surface area contributed by atoms with Crippen LogP contribution in [-0.4, -0.2) is 256 Å². The number of rotatable bonds is 36. The molecule has 3 fully saturated rings. The number of carbonyl (C=O) groups is 8. The molecule has 6 aliphatic heterocycles. The number of aliphatic hydroxyl groups excluding tert-OH is 3. The largest absolute Gasteiger partial charge is 0.394 e. The van der Waals surface area contributed by atoms with Gasteiger partial charge in [0.15, 0.2) is 17.1 Å². The first-order valence-electron chi connectivity index (χ1n) is 52.9. The number of piperazine rings is 2. The molecule has 766 valence electrons. The van der Waals surface area contributed by atoms with Crippen LogP contribution in [0.25, 0.3) is 17.1 Å². The first-order chi connectivity index (χ1) is 70.5. The van der Waals surface area contributed by atoms with Crippen LogP contribution in [0.3, 0.4) is 0 Å². The molecule has 0 radical (unpaired) electrons. The van der Waals surface area contributed by atoms with E-state index < -0.39 is 12.1 Å². The minimum Gasteiger partial charge on any atom is -0.394 e. The molecule has 0 unspecified atom stereocenters. The van der Waals surface area contributed by atoms with Gasteiger partial charge in [0, 0.05) is 145 Å². The zero-order valence-electron chi connectivity index (χ0n) is 86.6. The second-order valence-corrected chi connectivity index (χ2v) is 39.7. The Morgan fingerprint density at radius 2 is 0.662 bits per heavy atom. The molecule has 6 aliphatic rings. The van der Waals surface area contributed by atoms with Gasteiger partial charge in [0.05, 0.1) is 84.8 Å². The highest BCUT2D eigenvalue weighted by Gasteiger charge is 2.39. The lowest BCUT2D eigenvalue weighted by Crippen LogP contribution is -2.50. The van der Waals surface area contributed by atoms with Gasteiger partial charge in [-0.25, -0.2) is 14.0 Å². The number of aliphatic hydroxyl groups is 3. The lowest BCUT2D eigenvalue weighted by molar-refractivity contribution is -0.131. The Kier molecular flexibility index (Phi) is 36.7. The van der Waals surface area contributed by atoms with Crippen molar-refractivity contribution in [1.29, 1.82) is 0 Å². The molecule has 3 aromatic heterocycles. The van der Waals surface area contributed by atoms with E-state index in [9.17, 15) is 53.7 Å². The number of hydrogen-bond acceptors (Lipinski definition) is 17. The maximum Gasteiger partial charge on any atom is 0.274 e. The van der Waals surface area contributed by atoms with Crippen molar-refractivity contribution in [3.63, 3.8) is 0 Å². The SMILES string of the molecule is CCCCN(CCCC)C(=O)c1cc(C)n(-c2ccc(N3CCCCC3)cc2C(=O)N2Cc3ccccc3C[C@H]2CO)n1.CCCCN(CCCC)C(=O)c1cc(C)n(-c2ccc(N3CCN(Cc4ccc(C)cc4)C(=O)C3)cc2C(=O)N2Cc3ccccc3C[C@H]2CO)n1.CCCCN(CCCC)C(=O)c1cc(C)n(-c2ccc(N3CCN(c4ccccc4)CC3=O)cc2C(=O)N2Cc3ccccc3C[C@H]2CO)n1. The van der Waals surface area contributed by atoms with Crippen molar-refractivity contribution in [2.24, 2.45) is 0 Å². The van der Waals surface area contributed by atoms with Crippen molar-refractivity contribution in [3.05, 3.63) is 296 Å². The second kappa shape index (κ2) is 50.3. The van der Waals surface area contributed by atoms with E-state index >= 15 is 0 Å². The molecule has 17 rings (SSSR count). The number of unbranched alkanes of at least 4 members (excludes halogenated alkanes) is 6. The van der Waals surface area contributed by atoms with Crippen LogP contribution in [-0.2, 0) is 55.0 Å². The van der Waals surface area contributed by atoms with Gasteiger partial charge in [0.1, 0.15) is 0 Å². The zero-order chi connectivity index (χ0) is 102. The Morgan fingerprint density at radius 1 is 0.331 bits per heavy atom. The standard InChI is InChI=1S/C42H52N6O4.C40H48N6O4.C35H47N5O3/c1-5-7-19-44(20-8-6-2)42(52)38-23-31(4)48(43-38)39-18-17-35(45-21-22-46(40(50)28-45)26-32-15-13-30(3)14-16-32)25-37(39)41(51)47-27-34-12-10-9-11-33(34)24-36(47)29-49;1-4-6-19-42(20-7-5-2)40(50)36-23-29(3)46(41-36)37-18-17-33(44-22-21-43(27-38(44)48)32-15-9-8-10-16-32)25-35(37)39(49)45-26-31-14-12-11-13-30(31)24-34(45)28-47;1-4-6-17-38(18-7-5-2)35(43)32-21-26(3)40(36-32)33-16-15-29(37-19-11-8-12-20-37)23-31(33)34(42)39-24-28-14-10-9-13-27(28)22-30(39)25-41/h9-18,23,25,36,49H,5-8,19-22,24,26-29H2,1-4H3;8-18,23,25,34,47H,4-7,19-22,24,26-28H2,1-3H3;9-10,13-16,21,23,30,41H,4-8,11-12,17-20,22,24-25H2,1-3H3/t36-;34-;30-/m000/s1. The maximum atomic E-state index is 14.8. The van der Waals surface area contributed by atoms with E-state index in [1.165, 1.54) is 17.5 Å². The quantitative estimate of drug-likeness (QED) is 0.0329. The minimum atomic E-state index is -0.411. The highest BCUT2D eigenvalue weighted by atomic mass is 16.3. The molecule has 145 heavy (non-hydrogen) atoms. The predicted molar refractivity (Wildman–Crippen MR) is 571 cm³/mol. The Bertz CT molecular complexity index is 6280. The Balaban J connectivity index is 0.000000164. The third-order valence-electron chi connectivity index (χ3n) is 29.2. The summed E-state index contributed by atoms with van der Waals surface area (Å²) in [6.07, 6.45) is 16.8. The molecule has 0 spiro atoms. The van der Waals surface area contributed by atoms with Gasteiger partial charge in [0.2, 0.25) is 11.8 Å². The van der Waals surface area contributed by atoms with Crippen molar-refractivity contribution >= 4 is 70.0 Å². The molecule has 11 aromatic rings. The lowest BCUT2D eigenvalue weighted by atomic mass is 9.93. The van der Waals surface area contributed by atoms with Crippen molar-refractivity contribution in [1.82, 2.24) is 63.6 Å². The van der Waals surface area contributed by atoms with E-state index in [0.29, 0.717) is 167 Å². The summed E-state index contributed by atoms with van der Waals surface area (Å²) in [5.74, 6) is -0.943. The maximum absolute atomic E-state index is 14.8. The zero-order valence-corrected chi connectivity index (χ0v) is 86.6. The van der Waals surface area contributed by atoms with Crippen LogP contribution in [0.1, 0.15) is 262 Å². The average Bonchev–Trinajstić information content (AvgIpc) is 1.76. The van der Waals surface area contributed by atoms with E-state index in [-0.39, 0.29) is 86.2 Å². The summed E-state index contributed by atoms with van der Waals surface area (Å²) < 4.78 is 5.12. The molecule has 8 amide bonds. The van der Waals surface area contributed by atoms with Gasteiger partial charge >= 0.3 is 0 Å². The van der Waals surface area contributed by atoms with Gasteiger partial charge in [-0.1, -0.05) is 201 Å². The number of para-hydroxylation sites is 1. The van der Waals surface area contributed by atoms with Gasteiger partial charge in [-0.05, 0) is 229 Å². The molecule has 0 aliphatic carbocycles. The molecule has 0 bridgehead atoms. The van der Waals surface area contributed by atoms with Crippen molar-refractivity contribution < 1.29 is 53.7 Å². The van der Waals surface area contributed by atoms with E-state index in [4.69, 9.17) is 15.3 Å². The van der Waals surface area contributed by atoms with Crippen LogP contribution >= 0.6 is 0 Å². The minimum absolute atomic E-state index is 0.0264. The number of aromatic nitrogens is 6. The van der Waals surface area contributed by atoms with Crippen LogP contribution in [0.5, 0.6) is 0 Å². The summed E-state index contributed by atoms with van der Waals surface area (Å²) in [5.41, 5.74) is 18.7. The third kappa shape index (κ3) is 25.2. The first kappa shape index (κ1) is 106. The topological polar surface area (TPSA) is 286 Å². The average molecular weight is 1970 g/mol. The highest BCUT2D eigenvalue weighted by Crippen LogP contribution is 2.37. The van der Waals surface area contributed by atoms with Crippen molar-refractivity contribution in [2.45, 2.75) is 229 Å². The molecule has 9 heterocycles. The number of carbonyl (C=O) groups excluding carboxylic acids is 8. The summed E-state index contributed by atoms with van der Waals surface area (Å²) in [6, 6.07) is 63.8. The van der Waals surface area contributed by atoms with Crippen LogP contribution in [0, 0.1) is 27.7 Å². The number of amides is 8. The van der Waals surface area contributed by atoms with E-state index in [1.54, 1.807) is 46.9 Å². The van der Waals surface area contributed by atoms with E-state index in [1.807, 2.05) is 184 Å². The number of piperidine rings is 1. The summed E-state index contributed by atoms with van der Waals surface area (Å²) in [7, 11) is 0. The van der Waals surface area contributed by atoms with Gasteiger partial charge in [-0.2, -0.15) is 15.3 Å². The van der Waals surface area contributed by atoms with Gasteiger partial charge in [0.25, 0.3) is 35.4 Å². The van der Waals surface area contributed by atoms with Crippen LogP contribution in [0.4, 0.5) is 22.7 Å². The number of anilines is 4. The number of aryl methyl sites for hydroxylation is 4. The van der Waals surface area contributed by atoms with E-state index in [0.717, 1.165) is 171 Å². The Labute approximate surface area is 855 Å². The fraction of sp³-hybridized carbons (Fsp3) is 0.444. The molecule has 3 atom stereocenters. The smallest absolute Gasteiger partial charge is 0.274 e. The number of hydrogen-bond donors (Lipinski definition) is 3. The molecule has 3 saturated heterocycles.